The molecule has 0 saturated carbocycles. The van der Waals surface area contributed by atoms with E-state index in [1.54, 1.807) is 6.07 Å². The van der Waals surface area contributed by atoms with Crippen molar-refractivity contribution in [1.82, 2.24) is 0 Å². The van der Waals surface area contributed by atoms with Gasteiger partial charge in [0.15, 0.2) is 5.78 Å². The highest BCUT2D eigenvalue weighted by molar-refractivity contribution is 9.10. The van der Waals surface area contributed by atoms with Crippen LogP contribution in [-0.2, 0) is 0 Å². The minimum atomic E-state index is 0.150. The maximum Gasteiger partial charge on any atom is 0.164 e. The average Bonchev–Trinajstić information content (AvgIpc) is 2.36. The van der Waals surface area contributed by atoms with Gasteiger partial charge in [0.2, 0.25) is 0 Å². The Balaban J connectivity index is 2.34. The molecule has 100 valence electrons. The lowest BCUT2D eigenvalue weighted by Gasteiger charge is -2.04. The van der Waals surface area contributed by atoms with E-state index in [1.165, 1.54) is 25.7 Å². The van der Waals surface area contributed by atoms with Crippen LogP contribution in [0.2, 0.25) is 5.02 Å². The van der Waals surface area contributed by atoms with Crippen LogP contribution in [0.5, 0.6) is 0 Å². The van der Waals surface area contributed by atoms with E-state index in [1.807, 2.05) is 12.1 Å². The van der Waals surface area contributed by atoms with Gasteiger partial charge in [-0.1, -0.05) is 66.6 Å². The van der Waals surface area contributed by atoms with Crippen LogP contribution in [0.3, 0.4) is 0 Å². The summed E-state index contributed by atoms with van der Waals surface area (Å²) in [4.78, 5) is 12.0. The summed E-state index contributed by atoms with van der Waals surface area (Å²) in [5, 5.41) is 0.550. The average molecular weight is 332 g/mol. The topological polar surface area (TPSA) is 17.1 Å². The van der Waals surface area contributed by atoms with Crippen molar-refractivity contribution in [2.45, 2.75) is 51.9 Å². The van der Waals surface area contributed by atoms with Crippen LogP contribution in [0.4, 0.5) is 0 Å². The first kappa shape index (κ1) is 15.7. The van der Waals surface area contributed by atoms with Gasteiger partial charge in [0.25, 0.3) is 0 Å². The Morgan fingerprint density at radius 2 is 1.83 bits per heavy atom. The third-order valence-electron chi connectivity index (χ3n) is 2.99. The first-order valence-electron chi connectivity index (χ1n) is 6.63. The number of halogens is 2. The van der Waals surface area contributed by atoms with Crippen LogP contribution in [0.1, 0.15) is 62.2 Å². The quantitative estimate of drug-likeness (QED) is 0.419. The maximum absolute atomic E-state index is 12.0. The van der Waals surface area contributed by atoms with E-state index in [9.17, 15) is 4.79 Å². The second-order valence-corrected chi connectivity index (χ2v) is 5.89. The summed E-state index contributed by atoms with van der Waals surface area (Å²) in [6, 6.07) is 5.42. The summed E-state index contributed by atoms with van der Waals surface area (Å²) in [6.45, 7) is 2.21. The molecule has 1 nitrogen and oxygen atoms in total. The minimum Gasteiger partial charge on any atom is -0.294 e. The number of benzene rings is 1. The molecule has 18 heavy (non-hydrogen) atoms. The monoisotopic (exact) mass is 330 g/mol. The van der Waals surface area contributed by atoms with Gasteiger partial charge >= 0.3 is 0 Å². The molecule has 0 radical (unpaired) electrons. The molecule has 1 aromatic carbocycles. The van der Waals surface area contributed by atoms with Gasteiger partial charge < -0.3 is 0 Å². The molecule has 0 atom stereocenters. The Kier molecular flexibility index (Phi) is 7.60. The highest BCUT2D eigenvalue weighted by atomic mass is 79.9. The van der Waals surface area contributed by atoms with E-state index in [0.717, 1.165) is 17.3 Å². The van der Waals surface area contributed by atoms with Crippen LogP contribution >= 0.6 is 27.5 Å². The molecule has 0 heterocycles. The molecular formula is C15H20BrClO. The molecule has 0 amide bonds. The van der Waals surface area contributed by atoms with E-state index in [2.05, 4.69) is 22.9 Å². The molecule has 1 rings (SSSR count). The summed E-state index contributed by atoms with van der Waals surface area (Å²) >= 11 is 9.39. The summed E-state index contributed by atoms with van der Waals surface area (Å²) in [5.74, 6) is 0.150. The van der Waals surface area contributed by atoms with Gasteiger partial charge in [-0.3, -0.25) is 4.79 Å². The molecule has 0 fully saturated rings. The Morgan fingerprint density at radius 1 is 1.17 bits per heavy atom. The van der Waals surface area contributed by atoms with Crippen LogP contribution in [0.15, 0.2) is 22.7 Å². The van der Waals surface area contributed by atoms with Crippen LogP contribution in [-0.4, -0.2) is 5.78 Å². The number of Topliss-reactive ketones (excluding diaryl/α,β-unsaturated/α-hetero) is 1. The van der Waals surface area contributed by atoms with Crippen molar-refractivity contribution in [3.8, 4) is 0 Å². The zero-order chi connectivity index (χ0) is 13.4. The molecule has 1 aromatic rings. The van der Waals surface area contributed by atoms with E-state index < -0.39 is 0 Å². The molecule has 0 aliphatic rings. The second kappa shape index (κ2) is 8.71. The summed E-state index contributed by atoms with van der Waals surface area (Å²) < 4.78 is 0.901. The second-order valence-electron chi connectivity index (χ2n) is 4.57. The number of rotatable bonds is 8. The molecule has 0 aliphatic carbocycles. The number of unbranched alkanes of at least 4 members (excludes halogenated alkanes) is 5. The lowest BCUT2D eigenvalue weighted by Crippen LogP contribution is -2.00. The van der Waals surface area contributed by atoms with Crippen molar-refractivity contribution in [3.63, 3.8) is 0 Å². The molecule has 0 unspecified atom stereocenters. The van der Waals surface area contributed by atoms with Gasteiger partial charge in [-0.15, -0.1) is 0 Å². The molecule has 0 N–H and O–H groups in total. The van der Waals surface area contributed by atoms with Crippen molar-refractivity contribution >= 4 is 33.3 Å². The molecule has 0 spiro atoms. The first-order valence-corrected chi connectivity index (χ1v) is 7.80. The third-order valence-corrected chi connectivity index (χ3v) is 3.81. The van der Waals surface area contributed by atoms with Crippen LogP contribution in [0, 0.1) is 0 Å². The highest BCUT2D eigenvalue weighted by Gasteiger charge is 2.10. The zero-order valence-electron chi connectivity index (χ0n) is 10.8. The fraction of sp³-hybridized carbons (Fsp3) is 0.533. The number of hydrogen-bond acceptors (Lipinski definition) is 1. The Labute approximate surface area is 123 Å². The maximum atomic E-state index is 12.0. The largest absolute Gasteiger partial charge is 0.294 e. The van der Waals surface area contributed by atoms with Gasteiger partial charge in [0, 0.05) is 16.5 Å². The predicted molar refractivity (Wildman–Crippen MR) is 81.5 cm³/mol. The van der Waals surface area contributed by atoms with Crippen LogP contribution < -0.4 is 0 Å². The lowest BCUT2D eigenvalue weighted by atomic mass is 10.0. The first-order chi connectivity index (χ1) is 8.65. The summed E-state index contributed by atoms with van der Waals surface area (Å²) in [7, 11) is 0. The van der Waals surface area contributed by atoms with Gasteiger partial charge in [-0.25, -0.2) is 0 Å². The fourth-order valence-corrected chi connectivity index (χ4v) is 2.50. The standard InChI is InChI=1S/C15H20BrClO/c1-2-3-4-5-6-7-8-15(18)13-11-12(16)9-10-14(13)17/h9-11H,2-8H2,1H3. The Hall–Kier alpha value is -0.340. The number of carbonyl (C=O) groups excluding carboxylic acids is 1. The molecule has 0 aromatic heterocycles. The molecule has 0 saturated heterocycles. The predicted octanol–water partition coefficient (Wildman–Crippen LogP) is 6.04. The molecule has 3 heteroatoms. The number of hydrogen-bond donors (Lipinski definition) is 0. The minimum absolute atomic E-state index is 0.150. The van der Waals surface area contributed by atoms with Crippen LogP contribution in [0.25, 0.3) is 0 Å². The normalized spacial score (nSPS) is 10.6. The van der Waals surface area contributed by atoms with Crippen molar-refractivity contribution < 1.29 is 4.79 Å². The molecule has 0 bridgehead atoms. The van der Waals surface area contributed by atoms with Gasteiger partial charge in [-0.2, -0.15) is 0 Å². The van der Waals surface area contributed by atoms with E-state index >= 15 is 0 Å². The number of ketones is 1. The van der Waals surface area contributed by atoms with E-state index in [0.29, 0.717) is 17.0 Å². The van der Waals surface area contributed by atoms with Crippen molar-refractivity contribution in [2.75, 3.05) is 0 Å². The van der Waals surface area contributed by atoms with Gasteiger partial charge in [0.05, 0.1) is 5.02 Å². The smallest absolute Gasteiger partial charge is 0.164 e. The van der Waals surface area contributed by atoms with Crippen molar-refractivity contribution in [2.24, 2.45) is 0 Å². The Bertz CT molecular complexity index is 390. The van der Waals surface area contributed by atoms with E-state index in [-0.39, 0.29) is 5.78 Å². The van der Waals surface area contributed by atoms with E-state index in [4.69, 9.17) is 11.6 Å². The van der Waals surface area contributed by atoms with Gasteiger partial charge in [-0.05, 0) is 24.6 Å². The summed E-state index contributed by atoms with van der Waals surface area (Å²) in [5.41, 5.74) is 0.639. The zero-order valence-corrected chi connectivity index (χ0v) is 13.2. The fourth-order valence-electron chi connectivity index (χ4n) is 1.91. The lowest BCUT2D eigenvalue weighted by molar-refractivity contribution is 0.0979. The van der Waals surface area contributed by atoms with Gasteiger partial charge in [0.1, 0.15) is 0 Å². The summed E-state index contributed by atoms with van der Waals surface area (Å²) in [6.07, 6.45) is 7.76. The number of carbonyl (C=O) groups is 1. The van der Waals surface area contributed by atoms with Crippen molar-refractivity contribution in [1.29, 1.82) is 0 Å². The molecular weight excluding hydrogens is 312 g/mol. The van der Waals surface area contributed by atoms with Crippen molar-refractivity contribution in [3.05, 3.63) is 33.3 Å². The Morgan fingerprint density at radius 3 is 2.56 bits per heavy atom. The third kappa shape index (κ3) is 5.53. The highest BCUT2D eigenvalue weighted by Crippen LogP contribution is 2.23. The SMILES string of the molecule is CCCCCCCCC(=O)c1cc(Br)ccc1Cl. The molecule has 0 aliphatic heterocycles.